The van der Waals surface area contributed by atoms with Crippen LogP contribution in [0.25, 0.3) is 77.4 Å². The monoisotopic (exact) mass is 847 g/mol. The van der Waals surface area contributed by atoms with Crippen LogP contribution in [-0.4, -0.2) is 23.6 Å². The summed E-state index contributed by atoms with van der Waals surface area (Å²) in [6, 6.07) is 74.5. The minimum absolute atomic E-state index is 0.158. The molecule has 0 amide bonds. The number of fused-ring (bicyclic) bond motifs is 7. The summed E-state index contributed by atoms with van der Waals surface area (Å²) in [5.74, 6) is 1.32. The molecule has 0 bridgehead atoms. The maximum Gasteiger partial charge on any atom is 0.221 e. The second-order valence-electron chi connectivity index (χ2n) is 17.2. The van der Waals surface area contributed by atoms with Crippen LogP contribution in [0.2, 0.25) is 0 Å². The van der Waals surface area contributed by atoms with Crippen LogP contribution in [0.1, 0.15) is 22.6 Å². The van der Waals surface area contributed by atoms with Crippen molar-refractivity contribution >= 4 is 55.6 Å². The van der Waals surface area contributed by atoms with Crippen molar-refractivity contribution in [1.29, 1.82) is 0 Å². The van der Waals surface area contributed by atoms with Gasteiger partial charge < -0.3 is 14.2 Å². The topological polar surface area (TPSA) is 29.8 Å². The van der Waals surface area contributed by atoms with E-state index in [0.717, 1.165) is 22.5 Å². The summed E-state index contributed by atoms with van der Waals surface area (Å²) in [5.41, 5.74) is 16.2. The maximum absolute atomic E-state index is 6.18. The van der Waals surface area contributed by atoms with Crippen molar-refractivity contribution in [3.63, 3.8) is 0 Å². The number of nitrogens with zero attached hydrogens (tertiary/aromatic N) is 3. The second kappa shape index (κ2) is 16.3. The molecule has 2 heterocycles. The first kappa shape index (κ1) is 39.1. The van der Waals surface area contributed by atoms with E-state index in [1.807, 2.05) is 30.3 Å². The molecule has 2 atom stereocenters. The first-order valence-corrected chi connectivity index (χ1v) is 22.6. The van der Waals surface area contributed by atoms with Gasteiger partial charge in [-0.25, -0.2) is 0 Å². The van der Waals surface area contributed by atoms with Gasteiger partial charge in [0.2, 0.25) is 5.90 Å². The van der Waals surface area contributed by atoms with Gasteiger partial charge >= 0.3 is 0 Å². The van der Waals surface area contributed by atoms with E-state index < -0.39 is 0 Å². The summed E-state index contributed by atoms with van der Waals surface area (Å²) in [5, 5.41) is 4.97. The van der Waals surface area contributed by atoms with Gasteiger partial charge in [0.1, 0.15) is 5.76 Å². The molecule has 0 saturated heterocycles. The average molecular weight is 848 g/mol. The number of benzene rings is 9. The Morgan fingerprint density at radius 2 is 1.05 bits per heavy atom. The zero-order valence-corrected chi connectivity index (χ0v) is 36.6. The number of rotatable bonds is 8. The minimum Gasteiger partial charge on any atom is -0.439 e. The number of allylic oxidation sites excluding steroid dienone is 2. The van der Waals surface area contributed by atoms with Gasteiger partial charge in [-0.15, -0.1) is 0 Å². The van der Waals surface area contributed by atoms with Crippen LogP contribution in [0.3, 0.4) is 0 Å². The Kier molecular flexibility index (Phi) is 9.65. The van der Waals surface area contributed by atoms with Gasteiger partial charge in [-0.1, -0.05) is 158 Å². The van der Waals surface area contributed by atoms with Crippen LogP contribution in [0.5, 0.6) is 0 Å². The minimum atomic E-state index is 0.158. The van der Waals surface area contributed by atoms with Gasteiger partial charge in [-0.2, -0.15) is 0 Å². The molecule has 0 radical (unpaired) electrons. The summed E-state index contributed by atoms with van der Waals surface area (Å²) in [6.45, 7) is 4.16. The zero-order chi connectivity index (χ0) is 44.1. The fraction of sp³-hybridized carbons (Fsp3) is 0.0484. The molecule has 4 heteroatoms. The molecule has 2 aliphatic rings. The van der Waals surface area contributed by atoms with Crippen LogP contribution >= 0.6 is 0 Å². The molecule has 1 aliphatic carbocycles. The number of hydrogen-bond acceptors (Lipinski definition) is 3. The summed E-state index contributed by atoms with van der Waals surface area (Å²) >= 11 is 0. The van der Waals surface area contributed by atoms with E-state index >= 15 is 0 Å². The molecule has 0 fully saturated rings. The highest BCUT2D eigenvalue weighted by atomic mass is 16.5. The maximum atomic E-state index is 6.18. The van der Waals surface area contributed by atoms with Crippen molar-refractivity contribution in [2.75, 3.05) is 11.9 Å². The van der Waals surface area contributed by atoms with E-state index in [-0.39, 0.29) is 12.0 Å². The SMILES string of the molecule is C=C(OC(=NC)c1ccc(N2c3ccc(-c4ccc5c(c4)c4cc(-c6ccc(-c7ccc8ccccc8c7)cc6)ccc4n5-c4ccccc4)cc3C3C=CC=CC32)cc1)c1ccccc1. The van der Waals surface area contributed by atoms with Gasteiger partial charge in [0.05, 0.1) is 17.1 Å². The van der Waals surface area contributed by atoms with Gasteiger partial charge in [0.25, 0.3) is 0 Å². The van der Waals surface area contributed by atoms with Crippen molar-refractivity contribution in [3.8, 4) is 39.1 Å². The molecule has 1 aliphatic heterocycles. The number of ether oxygens (including phenoxy) is 1. The molecule has 4 nitrogen and oxygen atoms in total. The Bertz CT molecular complexity index is 3580. The van der Waals surface area contributed by atoms with E-state index in [0.29, 0.717) is 11.7 Å². The van der Waals surface area contributed by atoms with Crippen molar-refractivity contribution in [3.05, 3.63) is 254 Å². The number of aromatic nitrogens is 1. The third-order valence-corrected chi connectivity index (χ3v) is 13.4. The Morgan fingerprint density at radius 1 is 0.485 bits per heavy atom. The lowest BCUT2D eigenvalue weighted by atomic mass is 9.89. The highest BCUT2D eigenvalue weighted by molar-refractivity contribution is 6.12. The van der Waals surface area contributed by atoms with Gasteiger partial charge in [0.15, 0.2) is 0 Å². The normalized spacial score (nSPS) is 15.3. The molecule has 12 rings (SSSR count). The van der Waals surface area contributed by atoms with Crippen LogP contribution in [0, 0.1) is 0 Å². The number of aliphatic imine (C=N–C) groups is 1. The van der Waals surface area contributed by atoms with E-state index in [1.165, 1.54) is 77.2 Å². The zero-order valence-electron chi connectivity index (χ0n) is 36.6. The third kappa shape index (κ3) is 6.83. The molecule has 314 valence electrons. The van der Waals surface area contributed by atoms with E-state index in [9.17, 15) is 0 Å². The first-order chi connectivity index (χ1) is 32.6. The van der Waals surface area contributed by atoms with Gasteiger partial charge in [-0.05, 0) is 129 Å². The number of hydrogen-bond donors (Lipinski definition) is 0. The smallest absolute Gasteiger partial charge is 0.221 e. The third-order valence-electron chi connectivity index (χ3n) is 13.4. The predicted molar refractivity (Wildman–Crippen MR) is 277 cm³/mol. The second-order valence-corrected chi connectivity index (χ2v) is 17.2. The van der Waals surface area contributed by atoms with Crippen molar-refractivity contribution < 1.29 is 4.74 Å². The quantitative estimate of drug-likeness (QED) is 0.0866. The van der Waals surface area contributed by atoms with E-state index in [4.69, 9.17) is 4.74 Å². The lowest BCUT2D eigenvalue weighted by Gasteiger charge is -2.28. The first-order valence-electron chi connectivity index (χ1n) is 22.6. The summed E-state index contributed by atoms with van der Waals surface area (Å²) < 4.78 is 8.58. The number of para-hydroxylation sites is 1. The molecule has 66 heavy (non-hydrogen) atoms. The molecule has 10 aromatic rings. The fourth-order valence-electron chi connectivity index (χ4n) is 10.1. The Hall–Kier alpha value is -8.47. The van der Waals surface area contributed by atoms with Crippen LogP contribution in [-0.2, 0) is 4.74 Å². The Labute approximate surface area is 385 Å². The lowest BCUT2D eigenvalue weighted by molar-refractivity contribution is 0.509. The fourth-order valence-corrected chi connectivity index (χ4v) is 10.1. The highest BCUT2D eigenvalue weighted by Gasteiger charge is 2.37. The summed E-state index contributed by atoms with van der Waals surface area (Å²) in [6.07, 6.45) is 9.02. The molecule has 1 aromatic heterocycles. The van der Waals surface area contributed by atoms with Crippen molar-refractivity contribution in [2.24, 2.45) is 4.99 Å². The highest BCUT2D eigenvalue weighted by Crippen LogP contribution is 2.49. The lowest BCUT2D eigenvalue weighted by Crippen LogP contribution is -2.28. The van der Waals surface area contributed by atoms with Crippen molar-refractivity contribution in [1.82, 2.24) is 4.57 Å². The van der Waals surface area contributed by atoms with Crippen LogP contribution in [0.4, 0.5) is 11.4 Å². The van der Waals surface area contributed by atoms with E-state index in [1.54, 1.807) is 7.05 Å². The van der Waals surface area contributed by atoms with Crippen LogP contribution < -0.4 is 4.90 Å². The molecule has 2 unspecified atom stereocenters. The molecule has 0 saturated carbocycles. The predicted octanol–water partition coefficient (Wildman–Crippen LogP) is 15.7. The Balaban J connectivity index is 0.894. The van der Waals surface area contributed by atoms with Crippen LogP contribution in [0.15, 0.2) is 242 Å². The largest absolute Gasteiger partial charge is 0.439 e. The standard InChI is InChI=1S/C62H45N3O/c1-41(42-13-5-3-6-14-42)66-62(63-2)46-27-32-53(33-28-46)65-58-20-12-11-19-54(58)55-39-50(30-35-59(55)65)51-31-36-61-57(40-51)56-38-49(29-34-60(56)64(61)52-17-7-4-8-18-52)45-23-21-44(22-24-45)48-26-25-43-15-9-10-16-47(43)37-48/h3-40,54,58H,1H2,2H3. The number of anilines is 2. The summed E-state index contributed by atoms with van der Waals surface area (Å²) in [7, 11) is 1.75. The van der Waals surface area contributed by atoms with E-state index in [2.05, 4.69) is 221 Å². The molecular formula is C62H45N3O. The van der Waals surface area contributed by atoms with Gasteiger partial charge in [-0.3, -0.25) is 4.99 Å². The van der Waals surface area contributed by atoms with Gasteiger partial charge in [0, 0.05) is 51.9 Å². The average Bonchev–Trinajstić information content (AvgIpc) is 3.90. The molecular weight excluding hydrogens is 803 g/mol. The molecule has 0 spiro atoms. The summed E-state index contributed by atoms with van der Waals surface area (Å²) in [4.78, 5) is 6.94. The molecule has 9 aromatic carbocycles. The molecule has 0 N–H and O–H groups in total. The Morgan fingerprint density at radius 3 is 1.74 bits per heavy atom. The van der Waals surface area contributed by atoms with Crippen molar-refractivity contribution in [2.45, 2.75) is 12.0 Å².